The highest BCUT2D eigenvalue weighted by molar-refractivity contribution is 9.11. The fraction of sp³-hybridized carbons (Fsp3) is 0. The van der Waals surface area contributed by atoms with Crippen LogP contribution in [0.5, 0.6) is 0 Å². The highest BCUT2D eigenvalue weighted by atomic mass is 79.9. The van der Waals surface area contributed by atoms with Gasteiger partial charge in [-0.1, -0.05) is 58.4 Å². The number of rotatable bonds is 0. The van der Waals surface area contributed by atoms with Gasteiger partial charge >= 0.3 is 0 Å². The summed E-state index contributed by atoms with van der Waals surface area (Å²) < 4.78 is 8.08. The molecule has 1 aliphatic rings. The average molecular weight is 478 g/mol. The number of ketones is 1. The van der Waals surface area contributed by atoms with Crippen molar-refractivity contribution in [3.05, 3.63) is 80.7 Å². The summed E-state index contributed by atoms with van der Waals surface area (Å²) in [6.07, 6.45) is 0. The fourth-order valence-corrected chi connectivity index (χ4v) is 5.40. The molecule has 1 aliphatic carbocycles. The Labute approximate surface area is 171 Å². The molecule has 128 valence electrons. The van der Waals surface area contributed by atoms with Gasteiger partial charge in [-0.25, -0.2) is 0 Å². The van der Waals surface area contributed by atoms with Gasteiger partial charge in [-0.3, -0.25) is 4.79 Å². The zero-order valence-electron chi connectivity index (χ0n) is 13.8. The molecule has 0 fully saturated rings. The summed E-state index contributed by atoms with van der Waals surface area (Å²) in [5.74, 6) is 0.0366. The van der Waals surface area contributed by atoms with Crippen LogP contribution in [0.15, 0.2) is 74.0 Å². The Morgan fingerprint density at radius 3 is 2.15 bits per heavy atom. The molecule has 6 rings (SSSR count). The van der Waals surface area contributed by atoms with E-state index in [-0.39, 0.29) is 5.78 Å². The maximum absolute atomic E-state index is 13.2. The third-order valence-electron chi connectivity index (χ3n) is 5.34. The summed E-state index contributed by atoms with van der Waals surface area (Å²) >= 11 is 7.30. The molecule has 5 aromatic rings. The number of furan rings is 1. The third-order valence-corrected chi connectivity index (χ3v) is 6.62. The van der Waals surface area contributed by atoms with Crippen molar-refractivity contribution < 1.29 is 9.21 Å². The molecule has 0 saturated carbocycles. The van der Waals surface area contributed by atoms with Gasteiger partial charge < -0.3 is 4.42 Å². The SMILES string of the molecule is O=C1c2cc(Br)c3ccccc3c2-c2c1cc(Br)c1c2oc2ccccc21. The van der Waals surface area contributed by atoms with E-state index in [0.717, 1.165) is 58.3 Å². The second kappa shape index (κ2) is 5.31. The number of para-hydroxylation sites is 1. The minimum absolute atomic E-state index is 0.0366. The van der Waals surface area contributed by atoms with Gasteiger partial charge in [0.15, 0.2) is 5.78 Å². The zero-order chi connectivity index (χ0) is 18.3. The second-order valence-electron chi connectivity index (χ2n) is 6.74. The molecule has 0 amide bonds. The van der Waals surface area contributed by atoms with Crippen LogP contribution >= 0.6 is 31.9 Å². The lowest BCUT2D eigenvalue weighted by molar-refractivity contribution is 0.104. The van der Waals surface area contributed by atoms with Crippen molar-refractivity contribution in [3.63, 3.8) is 0 Å². The van der Waals surface area contributed by atoms with Gasteiger partial charge in [0.05, 0.1) is 0 Å². The summed E-state index contributed by atoms with van der Waals surface area (Å²) in [7, 11) is 0. The van der Waals surface area contributed by atoms with E-state index < -0.39 is 0 Å². The Morgan fingerprint density at radius 2 is 1.33 bits per heavy atom. The first-order valence-corrected chi connectivity index (χ1v) is 10.1. The number of halogens is 2. The Balaban J connectivity index is 1.89. The van der Waals surface area contributed by atoms with E-state index in [1.54, 1.807) is 0 Å². The molecule has 1 aromatic heterocycles. The normalized spacial score (nSPS) is 12.9. The van der Waals surface area contributed by atoms with Gasteiger partial charge in [0.1, 0.15) is 11.2 Å². The van der Waals surface area contributed by atoms with Crippen LogP contribution in [0.3, 0.4) is 0 Å². The first kappa shape index (κ1) is 15.6. The van der Waals surface area contributed by atoms with Crippen molar-refractivity contribution >= 4 is 70.4 Å². The molecule has 0 saturated heterocycles. The molecule has 27 heavy (non-hydrogen) atoms. The molecule has 0 bridgehead atoms. The van der Waals surface area contributed by atoms with Crippen LogP contribution in [0.4, 0.5) is 0 Å². The number of fused-ring (bicyclic) bond motifs is 9. The van der Waals surface area contributed by atoms with E-state index in [1.807, 2.05) is 42.5 Å². The highest BCUT2D eigenvalue weighted by Crippen LogP contribution is 2.50. The van der Waals surface area contributed by atoms with Crippen LogP contribution in [0.2, 0.25) is 0 Å². The Bertz CT molecular complexity index is 1460. The number of carbonyl (C=O) groups is 1. The smallest absolute Gasteiger partial charge is 0.194 e. The molecule has 0 aliphatic heterocycles. The van der Waals surface area contributed by atoms with E-state index in [2.05, 4.69) is 50.1 Å². The average Bonchev–Trinajstić information content (AvgIpc) is 3.19. The van der Waals surface area contributed by atoms with Gasteiger partial charge in [0.25, 0.3) is 0 Å². The summed E-state index contributed by atoms with van der Waals surface area (Å²) in [5, 5.41) is 4.20. The van der Waals surface area contributed by atoms with Crippen LogP contribution in [-0.2, 0) is 0 Å². The van der Waals surface area contributed by atoms with Crippen LogP contribution < -0.4 is 0 Å². The van der Waals surface area contributed by atoms with Gasteiger partial charge in [-0.05, 0) is 44.9 Å². The summed E-state index contributed by atoms with van der Waals surface area (Å²) in [4.78, 5) is 13.2. The van der Waals surface area contributed by atoms with E-state index in [9.17, 15) is 4.79 Å². The van der Waals surface area contributed by atoms with Gasteiger partial charge in [-0.2, -0.15) is 0 Å². The molecule has 1 heterocycles. The first-order chi connectivity index (χ1) is 13.1. The van der Waals surface area contributed by atoms with Gasteiger partial charge in [0, 0.05) is 42.0 Å². The molecule has 0 spiro atoms. The molecule has 0 N–H and O–H groups in total. The monoisotopic (exact) mass is 476 g/mol. The Kier molecular flexibility index (Phi) is 3.07. The highest BCUT2D eigenvalue weighted by Gasteiger charge is 2.33. The van der Waals surface area contributed by atoms with E-state index in [0.29, 0.717) is 5.56 Å². The van der Waals surface area contributed by atoms with Crippen LogP contribution in [0, 0.1) is 0 Å². The van der Waals surface area contributed by atoms with Crippen molar-refractivity contribution in [2.24, 2.45) is 0 Å². The summed E-state index contributed by atoms with van der Waals surface area (Å²) in [6.45, 7) is 0. The molecule has 4 aromatic carbocycles. The fourth-order valence-electron chi connectivity index (χ4n) is 4.20. The first-order valence-electron chi connectivity index (χ1n) is 8.55. The van der Waals surface area contributed by atoms with Gasteiger partial charge in [-0.15, -0.1) is 0 Å². The minimum atomic E-state index is 0.0366. The predicted molar refractivity (Wildman–Crippen MR) is 115 cm³/mol. The molecule has 0 unspecified atom stereocenters. The maximum Gasteiger partial charge on any atom is 0.194 e. The van der Waals surface area contributed by atoms with Crippen molar-refractivity contribution in [2.75, 3.05) is 0 Å². The lowest BCUT2D eigenvalue weighted by Gasteiger charge is -2.08. The van der Waals surface area contributed by atoms with Crippen LogP contribution in [0.1, 0.15) is 15.9 Å². The molecule has 0 atom stereocenters. The minimum Gasteiger partial charge on any atom is -0.455 e. The lowest BCUT2D eigenvalue weighted by Crippen LogP contribution is -1.95. The zero-order valence-corrected chi connectivity index (χ0v) is 17.0. The lowest BCUT2D eigenvalue weighted by atomic mass is 9.96. The van der Waals surface area contributed by atoms with Crippen molar-refractivity contribution in [1.29, 1.82) is 0 Å². The maximum atomic E-state index is 13.2. The molecule has 4 heteroatoms. The summed E-state index contributed by atoms with van der Waals surface area (Å²) in [6, 6.07) is 20.0. The molecule has 0 radical (unpaired) electrons. The Hall–Kier alpha value is -2.43. The predicted octanol–water partition coefficient (Wildman–Crippen LogP) is 7.48. The second-order valence-corrected chi connectivity index (χ2v) is 8.45. The molecule has 2 nitrogen and oxygen atoms in total. The Morgan fingerprint density at radius 1 is 0.704 bits per heavy atom. The van der Waals surface area contributed by atoms with Gasteiger partial charge in [0.2, 0.25) is 0 Å². The van der Waals surface area contributed by atoms with E-state index >= 15 is 0 Å². The quantitative estimate of drug-likeness (QED) is 0.227. The van der Waals surface area contributed by atoms with Crippen molar-refractivity contribution in [3.8, 4) is 11.1 Å². The molecular formula is C23H10Br2O2. The topological polar surface area (TPSA) is 30.2 Å². The number of hydrogen-bond acceptors (Lipinski definition) is 2. The third kappa shape index (κ3) is 1.92. The van der Waals surface area contributed by atoms with Crippen molar-refractivity contribution in [1.82, 2.24) is 0 Å². The van der Waals surface area contributed by atoms with E-state index in [4.69, 9.17) is 4.42 Å². The number of hydrogen-bond donors (Lipinski definition) is 0. The van der Waals surface area contributed by atoms with Crippen LogP contribution in [-0.4, -0.2) is 5.78 Å². The van der Waals surface area contributed by atoms with E-state index in [1.165, 1.54) is 0 Å². The number of benzene rings is 4. The largest absolute Gasteiger partial charge is 0.455 e. The van der Waals surface area contributed by atoms with Crippen LogP contribution in [0.25, 0.3) is 43.8 Å². The van der Waals surface area contributed by atoms with Crippen molar-refractivity contribution in [2.45, 2.75) is 0 Å². The standard InChI is InChI=1S/C23H10Br2O2/c24-16-9-14-19(12-6-2-1-5-11(12)16)21-15(22(14)26)10-17(25)20-13-7-3-4-8-18(13)27-23(20)21/h1-10H. The number of carbonyl (C=O) groups excluding carboxylic acids is 1. The molecular weight excluding hydrogens is 468 g/mol. The summed E-state index contributed by atoms with van der Waals surface area (Å²) in [5.41, 5.74) is 4.85.